The van der Waals surface area contributed by atoms with Crippen LogP contribution in [-0.4, -0.2) is 30.3 Å². The summed E-state index contributed by atoms with van der Waals surface area (Å²) in [4.78, 5) is 12.4. The van der Waals surface area contributed by atoms with Crippen LogP contribution < -0.4 is 5.32 Å². The lowest BCUT2D eigenvalue weighted by molar-refractivity contribution is 0.0340. The van der Waals surface area contributed by atoms with E-state index in [9.17, 15) is 31.5 Å². The first-order valence-corrected chi connectivity index (χ1v) is 12.5. The molecule has 1 amide bonds. The van der Waals surface area contributed by atoms with Crippen molar-refractivity contribution in [1.82, 2.24) is 0 Å². The number of hydrogen-bond donors (Lipinski definition) is 2. The summed E-state index contributed by atoms with van der Waals surface area (Å²) in [6.07, 6.45) is 1.71. The first-order valence-electron chi connectivity index (χ1n) is 10.6. The molecule has 2 aromatic carbocycles. The fraction of sp³-hybridized carbons (Fsp3) is 0.375. The number of benzene rings is 2. The quantitative estimate of drug-likeness (QED) is 0.459. The minimum Gasteiger partial charge on any atom is -0.378 e. The average molecular weight is 512 g/mol. The van der Waals surface area contributed by atoms with Crippen LogP contribution in [0.2, 0.25) is 5.02 Å². The second-order valence-electron chi connectivity index (χ2n) is 8.78. The van der Waals surface area contributed by atoms with Crippen LogP contribution in [0.4, 0.5) is 18.9 Å². The third kappa shape index (κ3) is 4.42. The number of carbonyl (C=O) groups excluding carboxylic acids is 1. The number of amides is 1. The van der Waals surface area contributed by atoms with Crippen molar-refractivity contribution in [2.45, 2.75) is 48.4 Å². The van der Waals surface area contributed by atoms with Crippen molar-refractivity contribution in [2.24, 2.45) is 11.8 Å². The van der Waals surface area contributed by atoms with Crippen molar-refractivity contribution in [3.8, 4) is 11.8 Å². The number of aliphatic hydroxyl groups is 1. The number of rotatable bonds is 4. The fourth-order valence-corrected chi connectivity index (χ4v) is 8.05. The van der Waals surface area contributed by atoms with Crippen molar-refractivity contribution in [1.29, 1.82) is 0 Å². The van der Waals surface area contributed by atoms with Gasteiger partial charge in [0.1, 0.15) is 5.60 Å². The van der Waals surface area contributed by atoms with Gasteiger partial charge in [0.25, 0.3) is 5.91 Å². The molecule has 0 radical (unpaired) electrons. The standard InChI is InChI=1S/C24H21ClF3NO4S/c1-2-7-24(31)11-14-3-4-15(12-24)22(14)34(32,33)20-8-13(5-6-17(20)25)23(30)29-16-9-18(26)21(28)19(27)10-16/h5-6,8-10,14-15,22,31H,3-4,11-12H2,1H3,(H,29,30)/t14-,15?,22?,24?/m0/s1. The Morgan fingerprint density at radius 2 is 1.71 bits per heavy atom. The van der Waals surface area contributed by atoms with Crippen LogP contribution >= 0.6 is 11.6 Å². The second-order valence-corrected chi connectivity index (χ2v) is 11.3. The topological polar surface area (TPSA) is 83.5 Å². The summed E-state index contributed by atoms with van der Waals surface area (Å²) >= 11 is 6.22. The molecule has 0 spiro atoms. The Kier molecular flexibility index (Phi) is 6.44. The van der Waals surface area contributed by atoms with Gasteiger partial charge in [-0.05, 0) is 62.6 Å². The molecule has 4 rings (SSSR count). The van der Waals surface area contributed by atoms with E-state index in [1.54, 1.807) is 6.92 Å². The van der Waals surface area contributed by atoms with Crippen LogP contribution in [0.25, 0.3) is 0 Å². The summed E-state index contributed by atoms with van der Waals surface area (Å²) in [5, 5.41) is 12.1. The lowest BCUT2D eigenvalue weighted by Gasteiger charge is -2.38. The molecule has 2 aromatic rings. The fourth-order valence-electron chi connectivity index (χ4n) is 5.21. The van der Waals surface area contributed by atoms with E-state index in [-0.39, 0.29) is 45.8 Å². The number of fused-ring (bicyclic) bond motifs is 2. The molecular formula is C24H21ClF3NO4S. The van der Waals surface area contributed by atoms with Crippen molar-refractivity contribution < 1.29 is 31.5 Å². The highest BCUT2D eigenvalue weighted by Gasteiger charge is 2.54. The normalized spacial score (nSPS) is 26.0. The first-order chi connectivity index (χ1) is 15.9. The first kappa shape index (κ1) is 24.6. The monoisotopic (exact) mass is 511 g/mol. The number of halogens is 4. The Hall–Kier alpha value is -2.54. The molecule has 0 heterocycles. The molecule has 2 aliphatic carbocycles. The van der Waals surface area contributed by atoms with Crippen molar-refractivity contribution >= 4 is 33.0 Å². The number of nitrogens with one attached hydrogen (secondary N) is 1. The van der Waals surface area contributed by atoms with E-state index in [0.717, 1.165) is 6.07 Å². The molecule has 5 nitrogen and oxygen atoms in total. The summed E-state index contributed by atoms with van der Waals surface area (Å²) in [5.41, 5.74) is -1.66. The molecule has 2 aliphatic rings. The summed E-state index contributed by atoms with van der Waals surface area (Å²) in [5.74, 6) is -0.589. The van der Waals surface area contributed by atoms with Gasteiger partial charge in [0.05, 0.1) is 15.2 Å². The van der Waals surface area contributed by atoms with Crippen LogP contribution in [-0.2, 0) is 9.84 Å². The maximum Gasteiger partial charge on any atom is 0.255 e. The number of hydrogen-bond acceptors (Lipinski definition) is 4. The van der Waals surface area contributed by atoms with Crippen LogP contribution in [0, 0.1) is 41.1 Å². The summed E-state index contributed by atoms with van der Waals surface area (Å²) < 4.78 is 67.3. The predicted molar refractivity (Wildman–Crippen MR) is 121 cm³/mol. The van der Waals surface area contributed by atoms with Crippen molar-refractivity contribution in [2.75, 3.05) is 5.32 Å². The van der Waals surface area contributed by atoms with Crippen LogP contribution in [0.3, 0.4) is 0 Å². The largest absolute Gasteiger partial charge is 0.378 e. The maximum absolute atomic E-state index is 13.6. The molecular weight excluding hydrogens is 491 g/mol. The number of sulfone groups is 1. The number of carbonyl (C=O) groups is 1. The molecule has 10 heteroatoms. The van der Waals surface area contributed by atoms with Gasteiger partial charge in [-0.25, -0.2) is 21.6 Å². The van der Waals surface area contributed by atoms with Gasteiger partial charge < -0.3 is 10.4 Å². The molecule has 2 saturated carbocycles. The van der Waals surface area contributed by atoms with Gasteiger partial charge in [0.2, 0.25) is 0 Å². The smallest absolute Gasteiger partial charge is 0.255 e. The Bertz CT molecular complexity index is 1300. The lowest BCUT2D eigenvalue weighted by Crippen LogP contribution is -2.45. The van der Waals surface area contributed by atoms with E-state index < -0.39 is 44.0 Å². The van der Waals surface area contributed by atoms with Gasteiger partial charge in [0.15, 0.2) is 27.3 Å². The van der Waals surface area contributed by atoms with E-state index >= 15 is 0 Å². The molecule has 0 saturated heterocycles. The molecule has 2 fully saturated rings. The average Bonchev–Trinajstić information content (AvgIpc) is 3.05. The minimum absolute atomic E-state index is 0.0657. The van der Waals surface area contributed by atoms with Crippen molar-refractivity contribution in [3.05, 3.63) is 58.4 Å². The maximum atomic E-state index is 13.6. The third-order valence-electron chi connectivity index (χ3n) is 6.49. The molecule has 2 bridgehead atoms. The zero-order chi connectivity index (χ0) is 24.8. The molecule has 4 atom stereocenters. The molecule has 3 unspecified atom stereocenters. The third-order valence-corrected chi connectivity index (χ3v) is 9.37. The number of anilines is 1. The van der Waals surface area contributed by atoms with Crippen molar-refractivity contribution in [3.63, 3.8) is 0 Å². The highest BCUT2D eigenvalue weighted by molar-refractivity contribution is 7.92. The van der Waals surface area contributed by atoms with Gasteiger partial charge in [-0.1, -0.05) is 17.5 Å². The van der Waals surface area contributed by atoms with Crippen LogP contribution in [0.15, 0.2) is 35.2 Å². The summed E-state index contributed by atoms with van der Waals surface area (Å²) in [6, 6.07) is 4.89. The Morgan fingerprint density at radius 1 is 1.12 bits per heavy atom. The van der Waals surface area contributed by atoms with Gasteiger partial charge >= 0.3 is 0 Å². The molecule has 0 aromatic heterocycles. The Morgan fingerprint density at radius 3 is 2.26 bits per heavy atom. The zero-order valence-corrected chi connectivity index (χ0v) is 19.6. The van der Waals surface area contributed by atoms with Gasteiger partial charge in [0, 0.05) is 23.4 Å². The Labute approximate surface area is 200 Å². The molecule has 34 heavy (non-hydrogen) atoms. The van der Waals surface area contributed by atoms with E-state index in [0.29, 0.717) is 25.0 Å². The zero-order valence-electron chi connectivity index (χ0n) is 18.0. The highest BCUT2D eigenvalue weighted by Crippen LogP contribution is 2.51. The lowest BCUT2D eigenvalue weighted by atomic mass is 9.77. The SMILES string of the molecule is CC#CC1(O)CC2CC[C@@H](C1)C2S(=O)(=O)c1cc(C(=O)Nc2cc(F)c(F)c(F)c2)ccc1Cl. The van der Waals surface area contributed by atoms with Gasteiger partial charge in [-0.15, -0.1) is 5.92 Å². The summed E-state index contributed by atoms with van der Waals surface area (Å²) in [7, 11) is -3.98. The highest BCUT2D eigenvalue weighted by atomic mass is 35.5. The van der Waals surface area contributed by atoms with Crippen LogP contribution in [0.1, 0.15) is 43.0 Å². The summed E-state index contributed by atoms with van der Waals surface area (Å²) in [6.45, 7) is 1.62. The van der Waals surface area contributed by atoms with E-state index in [4.69, 9.17) is 11.6 Å². The second kappa shape index (κ2) is 8.91. The van der Waals surface area contributed by atoms with Gasteiger partial charge in [-0.3, -0.25) is 4.79 Å². The van der Waals surface area contributed by atoms with E-state index in [1.165, 1.54) is 12.1 Å². The molecule has 0 aliphatic heterocycles. The van der Waals surface area contributed by atoms with Gasteiger partial charge in [-0.2, -0.15) is 0 Å². The molecule has 180 valence electrons. The Balaban J connectivity index is 1.63. The molecule has 2 N–H and O–H groups in total. The van der Waals surface area contributed by atoms with Crippen LogP contribution in [0.5, 0.6) is 0 Å². The minimum atomic E-state index is -3.98. The van der Waals surface area contributed by atoms with E-state index in [2.05, 4.69) is 17.2 Å². The predicted octanol–water partition coefficient (Wildman–Crippen LogP) is 4.73. The van der Waals surface area contributed by atoms with E-state index in [1.807, 2.05) is 0 Å².